The van der Waals surface area contributed by atoms with Gasteiger partial charge in [0, 0.05) is 19.6 Å². The molecule has 2 unspecified atom stereocenters. The molecule has 0 saturated carbocycles. The van der Waals surface area contributed by atoms with Gasteiger partial charge in [0.15, 0.2) is 0 Å². The standard InChI is InChI=1S/C9H15N3/c10-7-9-8-12(9)6-5-11-3-1-2-4-11/h9H,1-6,8H2. The fraction of sp³-hybridized carbons (Fsp3) is 0.889. The Labute approximate surface area is 73.6 Å². The third-order valence-corrected chi connectivity index (χ3v) is 2.77. The van der Waals surface area contributed by atoms with Gasteiger partial charge in [-0.05, 0) is 25.9 Å². The number of hydrogen-bond donors (Lipinski definition) is 0. The number of rotatable bonds is 3. The third kappa shape index (κ3) is 1.77. The molecule has 3 nitrogen and oxygen atoms in total. The van der Waals surface area contributed by atoms with Crippen molar-refractivity contribution in [3.63, 3.8) is 0 Å². The second-order valence-electron chi connectivity index (χ2n) is 3.69. The third-order valence-electron chi connectivity index (χ3n) is 2.77. The lowest BCUT2D eigenvalue weighted by Crippen LogP contribution is -2.26. The highest BCUT2D eigenvalue weighted by Gasteiger charge is 2.33. The molecule has 0 aromatic rings. The highest BCUT2D eigenvalue weighted by Crippen LogP contribution is 2.16. The van der Waals surface area contributed by atoms with Gasteiger partial charge >= 0.3 is 0 Å². The fourth-order valence-electron chi connectivity index (χ4n) is 1.82. The Morgan fingerprint density at radius 1 is 1.25 bits per heavy atom. The molecule has 0 aromatic heterocycles. The smallest absolute Gasteiger partial charge is 0.111 e. The van der Waals surface area contributed by atoms with Crippen molar-refractivity contribution in [2.24, 2.45) is 0 Å². The van der Waals surface area contributed by atoms with Gasteiger partial charge in [-0.1, -0.05) is 0 Å². The second-order valence-corrected chi connectivity index (χ2v) is 3.69. The molecule has 2 aliphatic rings. The molecule has 0 bridgehead atoms. The zero-order chi connectivity index (χ0) is 8.39. The Bertz CT molecular complexity index is 190. The van der Waals surface area contributed by atoms with Crippen molar-refractivity contribution in [3.05, 3.63) is 0 Å². The maximum Gasteiger partial charge on any atom is 0.111 e. The van der Waals surface area contributed by atoms with Crippen LogP contribution in [0.25, 0.3) is 0 Å². The number of hydrogen-bond acceptors (Lipinski definition) is 3. The van der Waals surface area contributed by atoms with Crippen LogP contribution in [0.4, 0.5) is 0 Å². The highest BCUT2D eigenvalue weighted by molar-refractivity contribution is 5.05. The van der Waals surface area contributed by atoms with Gasteiger partial charge in [-0.15, -0.1) is 0 Å². The minimum absolute atomic E-state index is 0.243. The summed E-state index contributed by atoms with van der Waals surface area (Å²) in [5, 5.41) is 8.56. The van der Waals surface area contributed by atoms with E-state index in [1.165, 1.54) is 25.9 Å². The van der Waals surface area contributed by atoms with Crippen molar-refractivity contribution < 1.29 is 0 Å². The van der Waals surface area contributed by atoms with Gasteiger partial charge in [0.2, 0.25) is 0 Å². The largest absolute Gasteiger partial charge is 0.302 e. The molecule has 66 valence electrons. The summed E-state index contributed by atoms with van der Waals surface area (Å²) in [4.78, 5) is 4.73. The molecule has 0 spiro atoms. The topological polar surface area (TPSA) is 30.0 Å². The van der Waals surface area contributed by atoms with E-state index in [-0.39, 0.29) is 6.04 Å². The molecule has 0 amide bonds. The number of likely N-dealkylation sites (tertiary alicyclic amines) is 1. The lowest BCUT2D eigenvalue weighted by Gasteiger charge is -2.13. The van der Waals surface area contributed by atoms with E-state index in [0.717, 1.165) is 19.6 Å². The Balaban J connectivity index is 1.60. The molecule has 2 fully saturated rings. The summed E-state index contributed by atoms with van der Waals surface area (Å²) < 4.78 is 0. The molecule has 0 radical (unpaired) electrons. The predicted octanol–water partition coefficient (Wildman–Crippen LogP) is 0.290. The van der Waals surface area contributed by atoms with Gasteiger partial charge in [0.25, 0.3) is 0 Å². The van der Waals surface area contributed by atoms with Gasteiger partial charge in [-0.25, -0.2) is 0 Å². The van der Waals surface area contributed by atoms with Gasteiger partial charge < -0.3 is 4.90 Å². The van der Waals surface area contributed by atoms with Crippen molar-refractivity contribution >= 4 is 0 Å². The van der Waals surface area contributed by atoms with Crippen LogP contribution in [-0.2, 0) is 0 Å². The molecule has 12 heavy (non-hydrogen) atoms. The maximum atomic E-state index is 8.56. The van der Waals surface area contributed by atoms with Crippen molar-refractivity contribution in [2.75, 3.05) is 32.7 Å². The normalized spacial score (nSPS) is 34.9. The molecule has 3 heteroatoms. The average molecular weight is 165 g/mol. The molecule has 2 aliphatic heterocycles. The zero-order valence-electron chi connectivity index (χ0n) is 7.37. The van der Waals surface area contributed by atoms with E-state index < -0.39 is 0 Å². The van der Waals surface area contributed by atoms with E-state index in [9.17, 15) is 0 Å². The Morgan fingerprint density at radius 2 is 2.00 bits per heavy atom. The number of nitrogens with zero attached hydrogens (tertiary/aromatic N) is 3. The lowest BCUT2D eigenvalue weighted by atomic mass is 10.4. The predicted molar refractivity (Wildman–Crippen MR) is 46.6 cm³/mol. The SMILES string of the molecule is N#CC1CN1CCN1CCCC1. The van der Waals surface area contributed by atoms with Crippen LogP contribution in [0.2, 0.25) is 0 Å². The first-order chi connectivity index (χ1) is 5.90. The minimum atomic E-state index is 0.243. The quantitative estimate of drug-likeness (QED) is 0.563. The van der Waals surface area contributed by atoms with E-state index in [2.05, 4.69) is 15.9 Å². The van der Waals surface area contributed by atoms with E-state index in [1.54, 1.807) is 0 Å². The first-order valence-electron chi connectivity index (χ1n) is 4.76. The first-order valence-corrected chi connectivity index (χ1v) is 4.76. The van der Waals surface area contributed by atoms with Gasteiger partial charge in [-0.2, -0.15) is 5.26 Å². The summed E-state index contributed by atoms with van der Waals surface area (Å²) in [5.41, 5.74) is 0. The van der Waals surface area contributed by atoms with E-state index in [1.807, 2.05) is 0 Å². The first kappa shape index (κ1) is 8.03. The average Bonchev–Trinajstić information content (AvgIpc) is 2.67. The van der Waals surface area contributed by atoms with Gasteiger partial charge in [0.05, 0.1) is 6.07 Å². The maximum absolute atomic E-state index is 8.56. The van der Waals surface area contributed by atoms with Crippen LogP contribution in [0, 0.1) is 11.3 Å². The summed E-state index contributed by atoms with van der Waals surface area (Å²) >= 11 is 0. The van der Waals surface area contributed by atoms with Crippen LogP contribution in [0.5, 0.6) is 0 Å². The van der Waals surface area contributed by atoms with Crippen molar-refractivity contribution in [1.29, 1.82) is 5.26 Å². The van der Waals surface area contributed by atoms with Crippen LogP contribution in [0.3, 0.4) is 0 Å². The molecule has 0 N–H and O–H groups in total. The summed E-state index contributed by atoms with van der Waals surface area (Å²) in [7, 11) is 0. The minimum Gasteiger partial charge on any atom is -0.302 e. The lowest BCUT2D eigenvalue weighted by molar-refractivity contribution is 0.312. The Hall–Kier alpha value is -0.590. The second kappa shape index (κ2) is 3.42. The van der Waals surface area contributed by atoms with Crippen LogP contribution in [0.1, 0.15) is 12.8 Å². The molecule has 2 rings (SSSR count). The molecule has 2 atom stereocenters. The summed E-state index contributed by atoms with van der Waals surface area (Å²) in [5.74, 6) is 0. The molecule has 2 heterocycles. The highest BCUT2D eigenvalue weighted by atomic mass is 15.3. The van der Waals surface area contributed by atoms with Crippen LogP contribution < -0.4 is 0 Å². The van der Waals surface area contributed by atoms with Crippen LogP contribution in [-0.4, -0.2) is 48.6 Å². The van der Waals surface area contributed by atoms with E-state index >= 15 is 0 Å². The van der Waals surface area contributed by atoms with Gasteiger partial charge in [0.1, 0.15) is 6.04 Å². The summed E-state index contributed by atoms with van der Waals surface area (Å²) in [6.45, 7) is 5.80. The molecule has 0 aliphatic carbocycles. The molecule has 2 saturated heterocycles. The summed E-state index contributed by atoms with van der Waals surface area (Å²) in [6.07, 6.45) is 2.73. The van der Waals surface area contributed by atoms with E-state index in [0.29, 0.717) is 0 Å². The van der Waals surface area contributed by atoms with Gasteiger partial charge in [-0.3, -0.25) is 4.90 Å². The van der Waals surface area contributed by atoms with Crippen molar-refractivity contribution in [3.8, 4) is 6.07 Å². The summed E-state index contributed by atoms with van der Waals surface area (Å²) in [6, 6.07) is 2.51. The number of nitriles is 1. The van der Waals surface area contributed by atoms with Crippen LogP contribution >= 0.6 is 0 Å². The molecular weight excluding hydrogens is 150 g/mol. The fourth-order valence-corrected chi connectivity index (χ4v) is 1.82. The Morgan fingerprint density at radius 3 is 2.58 bits per heavy atom. The van der Waals surface area contributed by atoms with Crippen LogP contribution in [0.15, 0.2) is 0 Å². The monoisotopic (exact) mass is 165 g/mol. The van der Waals surface area contributed by atoms with Crippen molar-refractivity contribution in [2.45, 2.75) is 18.9 Å². The van der Waals surface area contributed by atoms with Crippen molar-refractivity contribution in [1.82, 2.24) is 9.80 Å². The Kier molecular flexibility index (Phi) is 2.29. The zero-order valence-corrected chi connectivity index (χ0v) is 7.37. The molecule has 0 aromatic carbocycles. The molecular formula is C9H15N3. The van der Waals surface area contributed by atoms with E-state index in [4.69, 9.17) is 5.26 Å².